The molecule has 0 saturated heterocycles. The maximum Gasteiger partial charge on any atom is 0.138 e. The van der Waals surface area contributed by atoms with Crippen LogP contribution in [0, 0.1) is 6.92 Å². The number of aromatic nitrogens is 2. The Kier molecular flexibility index (Phi) is 2.86. The highest BCUT2D eigenvalue weighted by molar-refractivity contribution is 7.18. The number of hydrogen-bond donors (Lipinski definition) is 1. The molecule has 0 fully saturated rings. The molecule has 0 aliphatic heterocycles. The molecule has 4 heteroatoms. The first-order valence-corrected chi connectivity index (χ1v) is 6.07. The molecule has 0 aliphatic rings. The average molecular weight is 221 g/mol. The summed E-state index contributed by atoms with van der Waals surface area (Å²) in [7, 11) is 0. The zero-order valence-electron chi connectivity index (χ0n) is 9.29. The first-order valence-electron chi connectivity index (χ1n) is 5.25. The van der Waals surface area contributed by atoms with Crippen molar-refractivity contribution in [3.63, 3.8) is 0 Å². The van der Waals surface area contributed by atoms with Gasteiger partial charge in [-0.05, 0) is 19.9 Å². The van der Waals surface area contributed by atoms with Gasteiger partial charge in [0.05, 0.1) is 5.39 Å². The lowest BCUT2D eigenvalue weighted by Gasteiger charge is -2.05. The van der Waals surface area contributed by atoms with E-state index in [4.69, 9.17) is 0 Å². The lowest BCUT2D eigenvalue weighted by molar-refractivity contribution is 0.960. The quantitative estimate of drug-likeness (QED) is 0.865. The number of fused-ring (bicyclic) bond motifs is 1. The topological polar surface area (TPSA) is 37.8 Å². The third-order valence-corrected chi connectivity index (χ3v) is 3.17. The summed E-state index contributed by atoms with van der Waals surface area (Å²) >= 11 is 1.73. The average Bonchev–Trinajstić information content (AvgIpc) is 2.58. The Hall–Kier alpha value is -1.16. The van der Waals surface area contributed by atoms with Gasteiger partial charge in [-0.3, -0.25) is 0 Å². The fraction of sp³-hybridized carbons (Fsp3) is 0.455. The number of rotatable bonds is 3. The summed E-state index contributed by atoms with van der Waals surface area (Å²) in [6, 6.07) is 2.15. The Morgan fingerprint density at radius 1 is 1.33 bits per heavy atom. The zero-order valence-corrected chi connectivity index (χ0v) is 10.1. The van der Waals surface area contributed by atoms with Gasteiger partial charge in [0.1, 0.15) is 16.5 Å². The molecule has 80 valence electrons. The fourth-order valence-corrected chi connectivity index (χ4v) is 2.44. The minimum atomic E-state index is 0.880. The van der Waals surface area contributed by atoms with Crippen molar-refractivity contribution in [2.75, 3.05) is 11.9 Å². The highest BCUT2D eigenvalue weighted by Gasteiger charge is 2.08. The molecule has 0 atom stereocenters. The summed E-state index contributed by atoms with van der Waals surface area (Å²) < 4.78 is 0. The highest BCUT2D eigenvalue weighted by Crippen LogP contribution is 2.28. The third kappa shape index (κ3) is 1.95. The summed E-state index contributed by atoms with van der Waals surface area (Å²) in [5, 5.41) is 4.44. The van der Waals surface area contributed by atoms with Gasteiger partial charge < -0.3 is 5.32 Å². The molecule has 0 radical (unpaired) electrons. The van der Waals surface area contributed by atoms with Crippen molar-refractivity contribution in [1.29, 1.82) is 0 Å². The van der Waals surface area contributed by atoms with E-state index < -0.39 is 0 Å². The lowest BCUT2D eigenvalue weighted by Crippen LogP contribution is -2.03. The van der Waals surface area contributed by atoms with Crippen LogP contribution >= 0.6 is 11.3 Å². The molecule has 0 saturated carbocycles. The lowest BCUT2D eigenvalue weighted by atomic mass is 10.3. The monoisotopic (exact) mass is 221 g/mol. The van der Waals surface area contributed by atoms with E-state index in [2.05, 4.69) is 42.1 Å². The van der Waals surface area contributed by atoms with Gasteiger partial charge in [0.2, 0.25) is 0 Å². The van der Waals surface area contributed by atoms with Gasteiger partial charge in [-0.25, -0.2) is 9.97 Å². The van der Waals surface area contributed by atoms with Gasteiger partial charge in [0, 0.05) is 17.8 Å². The number of anilines is 1. The van der Waals surface area contributed by atoms with E-state index in [1.54, 1.807) is 11.3 Å². The molecule has 0 amide bonds. The summed E-state index contributed by atoms with van der Waals surface area (Å²) in [5.41, 5.74) is 0. The Balaban J connectivity index is 2.62. The van der Waals surface area contributed by atoms with E-state index in [1.807, 2.05) is 0 Å². The van der Waals surface area contributed by atoms with Crippen molar-refractivity contribution in [2.24, 2.45) is 0 Å². The largest absolute Gasteiger partial charge is 0.370 e. The van der Waals surface area contributed by atoms with Crippen LogP contribution in [0.1, 0.15) is 24.5 Å². The smallest absolute Gasteiger partial charge is 0.138 e. The maximum atomic E-state index is 4.52. The number of thiophene rings is 1. The normalized spacial score (nSPS) is 10.9. The van der Waals surface area contributed by atoms with Crippen molar-refractivity contribution in [1.82, 2.24) is 9.97 Å². The molecule has 2 aromatic heterocycles. The fourth-order valence-electron chi connectivity index (χ4n) is 1.55. The van der Waals surface area contributed by atoms with E-state index in [0.717, 1.165) is 34.8 Å². The van der Waals surface area contributed by atoms with E-state index >= 15 is 0 Å². The van der Waals surface area contributed by atoms with E-state index in [0.29, 0.717) is 0 Å². The number of nitrogens with one attached hydrogen (secondary N) is 1. The van der Waals surface area contributed by atoms with Gasteiger partial charge >= 0.3 is 0 Å². The first-order chi connectivity index (χ1) is 7.24. The number of nitrogens with zero attached hydrogens (tertiary/aromatic N) is 2. The molecular weight excluding hydrogens is 206 g/mol. The van der Waals surface area contributed by atoms with Crippen LogP contribution in [0.4, 0.5) is 5.82 Å². The summed E-state index contributed by atoms with van der Waals surface area (Å²) in [5.74, 6) is 1.89. The minimum absolute atomic E-state index is 0.880. The van der Waals surface area contributed by atoms with Crippen LogP contribution in [0.3, 0.4) is 0 Å². The number of aryl methyl sites for hydroxylation is 2. The van der Waals surface area contributed by atoms with Crippen molar-refractivity contribution in [3.8, 4) is 0 Å². The predicted molar refractivity (Wildman–Crippen MR) is 65.7 cm³/mol. The third-order valence-electron chi connectivity index (χ3n) is 2.22. The molecule has 0 unspecified atom stereocenters. The maximum absolute atomic E-state index is 4.52. The van der Waals surface area contributed by atoms with Crippen molar-refractivity contribution in [2.45, 2.75) is 27.2 Å². The zero-order chi connectivity index (χ0) is 10.8. The second kappa shape index (κ2) is 4.14. The molecule has 15 heavy (non-hydrogen) atoms. The van der Waals surface area contributed by atoms with Gasteiger partial charge in [-0.1, -0.05) is 6.92 Å². The Labute approximate surface area is 93.6 Å². The predicted octanol–water partition coefficient (Wildman–Crippen LogP) is 2.99. The summed E-state index contributed by atoms with van der Waals surface area (Å²) in [6.07, 6.45) is 0.880. The molecule has 0 aromatic carbocycles. The van der Waals surface area contributed by atoms with Crippen LogP contribution in [-0.2, 0) is 6.42 Å². The van der Waals surface area contributed by atoms with Crippen LogP contribution in [0.2, 0.25) is 0 Å². The molecule has 0 aliphatic carbocycles. The van der Waals surface area contributed by atoms with Crippen molar-refractivity contribution >= 4 is 27.4 Å². The Morgan fingerprint density at radius 3 is 2.80 bits per heavy atom. The SMILES string of the molecule is CCNc1nc(CC)nc2sc(C)cc12. The number of hydrogen-bond acceptors (Lipinski definition) is 4. The summed E-state index contributed by atoms with van der Waals surface area (Å²) in [4.78, 5) is 11.4. The van der Waals surface area contributed by atoms with Crippen molar-refractivity contribution < 1.29 is 0 Å². The summed E-state index contributed by atoms with van der Waals surface area (Å²) in [6.45, 7) is 7.16. The van der Waals surface area contributed by atoms with Gasteiger partial charge in [0.25, 0.3) is 0 Å². The van der Waals surface area contributed by atoms with Crippen LogP contribution < -0.4 is 5.32 Å². The molecule has 2 heterocycles. The molecule has 0 bridgehead atoms. The van der Waals surface area contributed by atoms with Gasteiger partial charge in [-0.15, -0.1) is 11.3 Å². The van der Waals surface area contributed by atoms with Gasteiger partial charge in [-0.2, -0.15) is 0 Å². The molecule has 2 aromatic rings. The first kappa shape index (κ1) is 10.4. The second-order valence-corrected chi connectivity index (χ2v) is 4.68. The highest BCUT2D eigenvalue weighted by atomic mass is 32.1. The molecule has 2 rings (SSSR count). The van der Waals surface area contributed by atoms with E-state index in [-0.39, 0.29) is 0 Å². The van der Waals surface area contributed by atoms with Crippen LogP contribution in [-0.4, -0.2) is 16.5 Å². The second-order valence-electron chi connectivity index (χ2n) is 3.45. The van der Waals surface area contributed by atoms with E-state index in [1.165, 1.54) is 4.88 Å². The Bertz CT molecular complexity index is 476. The van der Waals surface area contributed by atoms with Crippen LogP contribution in [0.5, 0.6) is 0 Å². The van der Waals surface area contributed by atoms with Crippen LogP contribution in [0.25, 0.3) is 10.2 Å². The van der Waals surface area contributed by atoms with E-state index in [9.17, 15) is 0 Å². The minimum Gasteiger partial charge on any atom is -0.370 e. The standard InChI is InChI=1S/C11H15N3S/c1-4-9-13-10(12-5-2)8-6-7(3)15-11(8)14-9/h6H,4-5H2,1-3H3,(H,12,13,14). The van der Waals surface area contributed by atoms with Crippen LogP contribution in [0.15, 0.2) is 6.07 Å². The molecular formula is C11H15N3S. The van der Waals surface area contributed by atoms with Gasteiger partial charge in [0.15, 0.2) is 0 Å². The van der Waals surface area contributed by atoms with Crippen molar-refractivity contribution in [3.05, 3.63) is 16.8 Å². The Morgan fingerprint density at radius 2 is 2.13 bits per heavy atom. The molecule has 1 N–H and O–H groups in total. The molecule has 3 nitrogen and oxygen atoms in total. The molecule has 0 spiro atoms.